The first-order valence-electron chi connectivity index (χ1n) is 7.32. The second kappa shape index (κ2) is 7.43. The topological polar surface area (TPSA) is 24.9 Å². The predicted octanol–water partition coefficient (Wildman–Crippen LogP) is 4.60. The maximum absolute atomic E-state index is 4.91. The molecule has 2 nitrogen and oxygen atoms in total. The highest BCUT2D eigenvalue weighted by atomic mass is 32.2. The number of hydrogen-bond acceptors (Lipinski definition) is 4. The summed E-state index contributed by atoms with van der Waals surface area (Å²) in [6.45, 7) is 7.76. The quantitative estimate of drug-likeness (QED) is 0.842. The molecule has 2 aromatic rings. The zero-order valence-electron chi connectivity index (χ0n) is 13.3. The minimum atomic E-state index is 0.281. The molecule has 1 aromatic heterocycles. The molecule has 0 fully saturated rings. The van der Waals surface area contributed by atoms with Crippen LogP contribution in [0, 0.1) is 0 Å². The standard InChI is InChI=1S/C17H24N2S2/c1-17(2,3)20-12-15-19-16(13-8-6-5-7-9-13)14(21-15)10-11-18-4/h5-9,18H,10-12H2,1-4H3. The number of likely N-dealkylation sites (N-methyl/N-ethyl adjacent to an activating group) is 1. The van der Waals surface area contributed by atoms with Crippen LogP contribution in [0.5, 0.6) is 0 Å². The van der Waals surface area contributed by atoms with Gasteiger partial charge in [-0.25, -0.2) is 4.98 Å². The Bertz CT molecular complexity index is 556. The van der Waals surface area contributed by atoms with E-state index in [1.807, 2.05) is 30.1 Å². The molecule has 2 rings (SSSR count). The molecule has 0 spiro atoms. The van der Waals surface area contributed by atoms with Crippen molar-refractivity contribution in [3.8, 4) is 11.3 Å². The van der Waals surface area contributed by atoms with E-state index >= 15 is 0 Å². The predicted molar refractivity (Wildman–Crippen MR) is 96.2 cm³/mol. The second-order valence-corrected chi connectivity index (χ2v) is 8.97. The number of benzene rings is 1. The van der Waals surface area contributed by atoms with Crippen molar-refractivity contribution in [3.63, 3.8) is 0 Å². The Kier molecular flexibility index (Phi) is 5.85. The van der Waals surface area contributed by atoms with Crippen LogP contribution in [0.2, 0.25) is 0 Å². The molecule has 0 aliphatic heterocycles. The van der Waals surface area contributed by atoms with Gasteiger partial charge in [-0.3, -0.25) is 0 Å². The lowest BCUT2D eigenvalue weighted by Crippen LogP contribution is -2.09. The van der Waals surface area contributed by atoms with E-state index in [2.05, 4.69) is 56.4 Å². The van der Waals surface area contributed by atoms with Crippen molar-refractivity contribution in [2.75, 3.05) is 13.6 Å². The van der Waals surface area contributed by atoms with Crippen molar-refractivity contribution in [2.45, 2.75) is 37.7 Å². The van der Waals surface area contributed by atoms with Crippen LogP contribution in [0.15, 0.2) is 30.3 Å². The van der Waals surface area contributed by atoms with Gasteiger partial charge in [0.25, 0.3) is 0 Å². The minimum Gasteiger partial charge on any atom is -0.319 e. The highest BCUT2D eigenvalue weighted by molar-refractivity contribution is 7.99. The van der Waals surface area contributed by atoms with E-state index in [4.69, 9.17) is 4.98 Å². The Morgan fingerprint density at radius 3 is 2.52 bits per heavy atom. The molecule has 0 aliphatic carbocycles. The van der Waals surface area contributed by atoms with Crippen molar-refractivity contribution in [1.82, 2.24) is 10.3 Å². The third kappa shape index (κ3) is 5.13. The SMILES string of the molecule is CNCCc1sc(CSC(C)(C)C)nc1-c1ccccc1. The number of thiazole rings is 1. The molecule has 1 heterocycles. The van der Waals surface area contributed by atoms with Crippen molar-refractivity contribution in [3.05, 3.63) is 40.2 Å². The lowest BCUT2D eigenvalue weighted by Gasteiger charge is -2.16. The Labute approximate surface area is 136 Å². The zero-order valence-corrected chi connectivity index (χ0v) is 14.9. The van der Waals surface area contributed by atoms with E-state index < -0.39 is 0 Å². The highest BCUT2D eigenvalue weighted by Gasteiger charge is 2.16. The molecule has 0 radical (unpaired) electrons. The van der Waals surface area contributed by atoms with Crippen LogP contribution in [-0.2, 0) is 12.2 Å². The Morgan fingerprint density at radius 1 is 1.19 bits per heavy atom. The summed E-state index contributed by atoms with van der Waals surface area (Å²) >= 11 is 3.82. The van der Waals surface area contributed by atoms with Gasteiger partial charge in [0, 0.05) is 20.9 Å². The summed E-state index contributed by atoms with van der Waals surface area (Å²) in [5, 5.41) is 4.47. The van der Waals surface area contributed by atoms with Gasteiger partial charge in [-0.15, -0.1) is 23.1 Å². The van der Waals surface area contributed by atoms with Crippen LogP contribution in [0.4, 0.5) is 0 Å². The molecule has 1 N–H and O–H groups in total. The molecule has 21 heavy (non-hydrogen) atoms. The second-order valence-electron chi connectivity index (χ2n) is 6.00. The number of nitrogens with zero attached hydrogens (tertiary/aromatic N) is 1. The van der Waals surface area contributed by atoms with Crippen molar-refractivity contribution in [2.24, 2.45) is 0 Å². The van der Waals surface area contributed by atoms with Gasteiger partial charge in [0.1, 0.15) is 5.01 Å². The first-order valence-corrected chi connectivity index (χ1v) is 9.12. The molecule has 0 amide bonds. The van der Waals surface area contributed by atoms with Gasteiger partial charge in [-0.05, 0) is 20.0 Å². The third-order valence-corrected chi connectivity index (χ3v) is 5.60. The molecule has 114 valence electrons. The van der Waals surface area contributed by atoms with Gasteiger partial charge in [0.2, 0.25) is 0 Å². The fourth-order valence-corrected chi connectivity index (χ4v) is 3.89. The van der Waals surface area contributed by atoms with Crippen LogP contribution in [0.3, 0.4) is 0 Å². The van der Waals surface area contributed by atoms with Crippen molar-refractivity contribution < 1.29 is 0 Å². The van der Waals surface area contributed by atoms with Crippen LogP contribution in [0.25, 0.3) is 11.3 Å². The van der Waals surface area contributed by atoms with Crippen LogP contribution in [0.1, 0.15) is 30.7 Å². The van der Waals surface area contributed by atoms with E-state index in [1.165, 1.54) is 21.1 Å². The van der Waals surface area contributed by atoms with Crippen LogP contribution in [-0.4, -0.2) is 23.3 Å². The first-order chi connectivity index (χ1) is 9.99. The molecule has 0 saturated carbocycles. The third-order valence-electron chi connectivity index (χ3n) is 3.02. The van der Waals surface area contributed by atoms with E-state index in [0.29, 0.717) is 0 Å². The van der Waals surface area contributed by atoms with E-state index in [9.17, 15) is 0 Å². The largest absolute Gasteiger partial charge is 0.319 e. The fourth-order valence-electron chi connectivity index (χ4n) is 1.97. The van der Waals surface area contributed by atoms with Crippen molar-refractivity contribution in [1.29, 1.82) is 0 Å². The number of rotatable bonds is 6. The van der Waals surface area contributed by atoms with Crippen LogP contribution >= 0.6 is 23.1 Å². The van der Waals surface area contributed by atoms with Gasteiger partial charge in [0.05, 0.1) is 5.69 Å². The van der Waals surface area contributed by atoms with Gasteiger partial charge in [0.15, 0.2) is 0 Å². The normalized spacial score (nSPS) is 11.8. The molecule has 0 saturated heterocycles. The summed E-state index contributed by atoms with van der Waals surface area (Å²) in [7, 11) is 2.00. The van der Waals surface area contributed by atoms with Gasteiger partial charge in [-0.2, -0.15) is 0 Å². The lowest BCUT2D eigenvalue weighted by atomic mass is 10.1. The maximum Gasteiger partial charge on any atom is 0.103 e. The Morgan fingerprint density at radius 2 is 1.90 bits per heavy atom. The van der Waals surface area contributed by atoms with Crippen LogP contribution < -0.4 is 5.32 Å². The van der Waals surface area contributed by atoms with Gasteiger partial charge >= 0.3 is 0 Å². The molecular formula is C17H24N2S2. The Hall–Kier alpha value is -0.840. The monoisotopic (exact) mass is 320 g/mol. The molecular weight excluding hydrogens is 296 g/mol. The smallest absolute Gasteiger partial charge is 0.103 e. The number of aromatic nitrogens is 1. The Balaban J connectivity index is 2.23. The fraction of sp³-hybridized carbons (Fsp3) is 0.471. The molecule has 0 unspecified atom stereocenters. The summed E-state index contributed by atoms with van der Waals surface area (Å²) in [4.78, 5) is 6.30. The zero-order chi connectivity index (χ0) is 15.3. The minimum absolute atomic E-state index is 0.281. The van der Waals surface area contributed by atoms with Crippen molar-refractivity contribution >= 4 is 23.1 Å². The van der Waals surface area contributed by atoms with E-state index in [-0.39, 0.29) is 4.75 Å². The average molecular weight is 321 g/mol. The number of hydrogen-bond donors (Lipinski definition) is 1. The first kappa shape index (κ1) is 16.5. The molecule has 0 aliphatic rings. The molecule has 0 bridgehead atoms. The van der Waals surface area contributed by atoms with Gasteiger partial charge < -0.3 is 5.32 Å². The van der Waals surface area contributed by atoms with E-state index in [0.717, 1.165) is 18.7 Å². The summed E-state index contributed by atoms with van der Waals surface area (Å²) in [5.41, 5.74) is 2.40. The molecule has 1 aromatic carbocycles. The average Bonchev–Trinajstić information content (AvgIpc) is 2.86. The summed E-state index contributed by atoms with van der Waals surface area (Å²) in [5.74, 6) is 0.994. The number of thioether (sulfide) groups is 1. The van der Waals surface area contributed by atoms with Gasteiger partial charge in [-0.1, -0.05) is 51.1 Å². The molecule has 0 atom stereocenters. The van der Waals surface area contributed by atoms with E-state index in [1.54, 1.807) is 0 Å². The lowest BCUT2D eigenvalue weighted by molar-refractivity contribution is 0.799. The summed E-state index contributed by atoms with van der Waals surface area (Å²) < 4.78 is 0.281. The summed E-state index contributed by atoms with van der Waals surface area (Å²) in [6, 6.07) is 10.5. The summed E-state index contributed by atoms with van der Waals surface area (Å²) in [6.07, 6.45) is 1.04. The number of nitrogens with one attached hydrogen (secondary N) is 1. The molecule has 4 heteroatoms. The highest BCUT2D eigenvalue weighted by Crippen LogP contribution is 2.33. The maximum atomic E-state index is 4.91.